The Kier molecular flexibility index (Phi) is 3.52. The highest BCUT2D eigenvalue weighted by Gasteiger charge is 2.62. The molecule has 4 rings (SSSR count). The van der Waals surface area contributed by atoms with Gasteiger partial charge in [0.15, 0.2) is 0 Å². The highest BCUT2D eigenvalue weighted by Crippen LogP contribution is 2.63. The van der Waals surface area contributed by atoms with E-state index in [-0.39, 0.29) is 11.8 Å². The summed E-state index contributed by atoms with van der Waals surface area (Å²) in [6.07, 6.45) is 7.82. The maximum absolute atomic E-state index is 12.9. The molecule has 0 radical (unpaired) electrons. The average Bonchev–Trinajstić information content (AvgIpc) is 3.10. The van der Waals surface area contributed by atoms with Crippen molar-refractivity contribution in [1.82, 2.24) is 4.90 Å². The van der Waals surface area contributed by atoms with Crippen LogP contribution in [-0.4, -0.2) is 36.4 Å². The van der Waals surface area contributed by atoms with E-state index in [4.69, 9.17) is 0 Å². The summed E-state index contributed by atoms with van der Waals surface area (Å²) in [6, 6.07) is 0. The van der Waals surface area contributed by atoms with Gasteiger partial charge >= 0.3 is 6.18 Å². The first kappa shape index (κ1) is 15.2. The van der Waals surface area contributed by atoms with Gasteiger partial charge in [-0.05, 0) is 38.0 Å². The van der Waals surface area contributed by atoms with E-state index >= 15 is 0 Å². The van der Waals surface area contributed by atoms with Crippen molar-refractivity contribution in [2.24, 2.45) is 16.3 Å². The molecule has 0 amide bonds. The number of alkyl halides is 3. The predicted molar refractivity (Wildman–Crippen MR) is 84.2 cm³/mol. The van der Waals surface area contributed by atoms with Gasteiger partial charge in [-0.3, -0.25) is 9.89 Å². The number of hydrogen-bond donors (Lipinski definition) is 0. The van der Waals surface area contributed by atoms with Crippen molar-refractivity contribution in [3.8, 4) is 0 Å². The van der Waals surface area contributed by atoms with Crippen LogP contribution in [0.4, 0.5) is 13.2 Å². The van der Waals surface area contributed by atoms with Gasteiger partial charge in [-0.1, -0.05) is 29.9 Å². The van der Waals surface area contributed by atoms with E-state index in [0.717, 1.165) is 38.9 Å². The molecule has 0 N–H and O–H groups in total. The number of likely N-dealkylation sites (tertiary alicyclic amines) is 1. The molecule has 5 heteroatoms. The molecule has 2 aliphatic heterocycles. The van der Waals surface area contributed by atoms with Crippen LogP contribution in [0.1, 0.15) is 32.1 Å². The predicted octanol–water partition coefficient (Wildman–Crippen LogP) is 4.27. The third-order valence-electron chi connectivity index (χ3n) is 5.55. The van der Waals surface area contributed by atoms with Gasteiger partial charge in [-0.25, -0.2) is 0 Å². The van der Waals surface area contributed by atoms with Crippen molar-refractivity contribution in [2.45, 2.75) is 38.3 Å². The quantitative estimate of drug-likeness (QED) is 0.758. The minimum atomic E-state index is -4.28. The fourth-order valence-electron chi connectivity index (χ4n) is 4.29. The van der Waals surface area contributed by atoms with Crippen molar-refractivity contribution in [3.63, 3.8) is 0 Å². The van der Waals surface area contributed by atoms with Gasteiger partial charge in [-0.2, -0.15) is 13.2 Å². The van der Waals surface area contributed by atoms with Crippen LogP contribution in [0.3, 0.4) is 0 Å². The maximum Gasteiger partial charge on any atom is 0.429 e. The molecule has 0 aromatic carbocycles. The van der Waals surface area contributed by atoms with Crippen LogP contribution in [0.5, 0.6) is 0 Å². The fraction of sp³-hybridized carbons (Fsp3) is 0.611. The molecule has 2 aliphatic carbocycles. The Labute approximate surface area is 134 Å². The zero-order valence-corrected chi connectivity index (χ0v) is 13.1. The molecule has 4 aliphatic rings. The van der Waals surface area contributed by atoms with E-state index in [1.165, 1.54) is 5.57 Å². The Morgan fingerprint density at radius 2 is 2.13 bits per heavy atom. The summed E-state index contributed by atoms with van der Waals surface area (Å²) in [5.41, 5.74) is 1.46. The molecule has 2 fully saturated rings. The highest BCUT2D eigenvalue weighted by molar-refractivity contribution is 5.91. The number of nitrogens with zero attached hydrogens (tertiary/aromatic N) is 2. The Bertz CT molecular complexity index is 627. The SMILES string of the molecule is FC(F)(F)C1=NC(C23CC2CN(CC2=CC=CCC2)C3)=CCC1. The van der Waals surface area contributed by atoms with E-state index in [9.17, 15) is 13.2 Å². The number of fused-ring (bicyclic) bond motifs is 1. The molecule has 2 unspecified atom stereocenters. The molecule has 0 spiro atoms. The minimum Gasteiger partial charge on any atom is -0.298 e. The Hall–Kier alpha value is -1.36. The first-order chi connectivity index (χ1) is 11.0. The summed E-state index contributed by atoms with van der Waals surface area (Å²) in [7, 11) is 0. The van der Waals surface area contributed by atoms with Crippen molar-refractivity contribution in [1.29, 1.82) is 0 Å². The van der Waals surface area contributed by atoms with E-state index in [2.05, 4.69) is 28.1 Å². The minimum absolute atomic E-state index is 0.0245. The molecular weight excluding hydrogens is 301 g/mol. The molecule has 2 atom stereocenters. The second kappa shape index (κ2) is 5.33. The zero-order chi connectivity index (χ0) is 16.1. The molecule has 2 heterocycles. The molecule has 0 aromatic rings. The van der Waals surface area contributed by atoms with Gasteiger partial charge in [0.05, 0.1) is 0 Å². The van der Waals surface area contributed by atoms with E-state index in [0.29, 0.717) is 18.0 Å². The first-order valence-corrected chi connectivity index (χ1v) is 8.40. The standard InChI is InChI=1S/C18H21F3N2/c19-18(20,21)16-8-4-7-15(22-16)17-9-14(17)11-23(12-17)10-13-5-2-1-3-6-13/h1-2,5,7,14H,3-4,6,8-12H2. The van der Waals surface area contributed by atoms with Crippen LogP contribution in [-0.2, 0) is 0 Å². The number of aliphatic imine (C=N–C) groups is 1. The summed E-state index contributed by atoms with van der Waals surface area (Å²) in [6.45, 7) is 2.81. The Morgan fingerprint density at radius 1 is 1.26 bits per heavy atom. The van der Waals surface area contributed by atoms with Crippen molar-refractivity contribution in [3.05, 3.63) is 35.6 Å². The molecule has 0 bridgehead atoms. The van der Waals surface area contributed by atoms with Crippen LogP contribution >= 0.6 is 0 Å². The number of hydrogen-bond acceptors (Lipinski definition) is 2. The van der Waals surface area contributed by atoms with Crippen molar-refractivity contribution >= 4 is 5.71 Å². The highest BCUT2D eigenvalue weighted by atomic mass is 19.4. The molecule has 1 saturated carbocycles. The monoisotopic (exact) mass is 322 g/mol. The molecule has 23 heavy (non-hydrogen) atoms. The lowest BCUT2D eigenvalue weighted by atomic mass is 9.97. The number of piperidine rings is 1. The van der Waals surface area contributed by atoms with Crippen LogP contribution in [0.25, 0.3) is 0 Å². The summed E-state index contributed by atoms with van der Waals surface area (Å²) in [5, 5.41) is 0. The average molecular weight is 322 g/mol. The van der Waals surface area contributed by atoms with Crippen molar-refractivity contribution in [2.75, 3.05) is 19.6 Å². The van der Waals surface area contributed by atoms with Crippen LogP contribution in [0, 0.1) is 11.3 Å². The maximum atomic E-state index is 12.9. The van der Waals surface area contributed by atoms with Gasteiger partial charge in [0.1, 0.15) is 5.71 Å². The van der Waals surface area contributed by atoms with E-state index < -0.39 is 11.9 Å². The summed E-state index contributed by atoms with van der Waals surface area (Å²) in [4.78, 5) is 6.43. The lowest BCUT2D eigenvalue weighted by Crippen LogP contribution is -2.29. The second-order valence-electron chi connectivity index (χ2n) is 7.20. The van der Waals surface area contributed by atoms with Gasteiger partial charge in [-0.15, -0.1) is 0 Å². The lowest BCUT2D eigenvalue weighted by Gasteiger charge is -2.25. The summed E-state index contributed by atoms with van der Waals surface area (Å²) < 4.78 is 38.8. The number of allylic oxidation sites excluding steroid dienone is 4. The van der Waals surface area contributed by atoms with Gasteiger partial charge < -0.3 is 0 Å². The second-order valence-corrected chi connectivity index (χ2v) is 7.20. The third kappa shape index (κ3) is 2.80. The third-order valence-corrected chi connectivity index (χ3v) is 5.55. The number of rotatable bonds is 3. The van der Waals surface area contributed by atoms with Crippen LogP contribution in [0.2, 0.25) is 0 Å². The lowest BCUT2D eigenvalue weighted by molar-refractivity contribution is -0.0607. The molecule has 124 valence electrons. The fourth-order valence-corrected chi connectivity index (χ4v) is 4.29. The largest absolute Gasteiger partial charge is 0.429 e. The topological polar surface area (TPSA) is 15.6 Å². The van der Waals surface area contributed by atoms with E-state index in [1.807, 2.05) is 6.08 Å². The normalized spacial score (nSPS) is 33.9. The van der Waals surface area contributed by atoms with E-state index in [1.54, 1.807) is 0 Å². The molecule has 1 saturated heterocycles. The number of halogens is 3. The van der Waals surface area contributed by atoms with Gasteiger partial charge in [0.2, 0.25) is 0 Å². The van der Waals surface area contributed by atoms with Crippen molar-refractivity contribution < 1.29 is 13.2 Å². The van der Waals surface area contributed by atoms with Gasteiger partial charge in [0, 0.05) is 30.7 Å². The van der Waals surface area contributed by atoms with Crippen LogP contribution in [0.15, 0.2) is 40.6 Å². The van der Waals surface area contributed by atoms with Crippen LogP contribution < -0.4 is 0 Å². The summed E-state index contributed by atoms with van der Waals surface area (Å²) >= 11 is 0. The molecule has 2 nitrogen and oxygen atoms in total. The van der Waals surface area contributed by atoms with Gasteiger partial charge in [0.25, 0.3) is 0 Å². The Morgan fingerprint density at radius 3 is 2.87 bits per heavy atom. The zero-order valence-electron chi connectivity index (χ0n) is 13.1. The first-order valence-electron chi connectivity index (χ1n) is 8.40. The Balaban J connectivity index is 1.47. The summed E-state index contributed by atoms with van der Waals surface area (Å²) in [5.74, 6) is 0.491. The smallest absolute Gasteiger partial charge is 0.298 e. The molecule has 0 aromatic heterocycles. The molecular formula is C18H21F3N2.